The zero-order chi connectivity index (χ0) is 11.4. The first kappa shape index (κ1) is 13.8. The van der Waals surface area contributed by atoms with Gasteiger partial charge in [0.15, 0.2) is 18.6 Å². The van der Waals surface area contributed by atoms with Crippen LogP contribution in [0.2, 0.25) is 0 Å². The van der Waals surface area contributed by atoms with Crippen LogP contribution in [0.1, 0.15) is 11.1 Å². The second kappa shape index (κ2) is 6.47. The normalized spacial score (nSPS) is 9.76. The van der Waals surface area contributed by atoms with Crippen molar-refractivity contribution >= 4 is 17.0 Å². The molecule has 1 N–H and O–H groups in total. The number of halogens is 2. The molecule has 0 aliphatic heterocycles. The van der Waals surface area contributed by atoms with E-state index in [0.29, 0.717) is 12.1 Å². The molecule has 0 amide bonds. The molecule has 2 rings (SSSR count). The molecule has 2 aromatic rings. The molecule has 0 bridgehead atoms. The zero-order valence-corrected chi connectivity index (χ0v) is 10.9. The third-order valence-corrected chi connectivity index (χ3v) is 2.43. The second-order valence-corrected chi connectivity index (χ2v) is 3.63. The molecule has 0 spiro atoms. The SMILES string of the molecule is Br.OCc1cc[n+](Cc2ccccc2)cc1F. The van der Waals surface area contributed by atoms with Crippen LogP contribution in [0.25, 0.3) is 0 Å². The first-order valence-electron chi connectivity index (χ1n) is 5.12. The number of rotatable bonds is 3. The van der Waals surface area contributed by atoms with Crippen molar-refractivity contribution in [2.24, 2.45) is 0 Å². The lowest BCUT2D eigenvalue weighted by atomic mass is 10.2. The van der Waals surface area contributed by atoms with Gasteiger partial charge in [-0.15, -0.1) is 17.0 Å². The summed E-state index contributed by atoms with van der Waals surface area (Å²) in [5.74, 6) is -0.374. The number of aliphatic hydroxyl groups is 1. The smallest absolute Gasteiger partial charge is 0.205 e. The van der Waals surface area contributed by atoms with Crippen LogP contribution in [0.3, 0.4) is 0 Å². The Morgan fingerprint density at radius 3 is 2.41 bits per heavy atom. The molecular weight excluding hydrogens is 285 g/mol. The van der Waals surface area contributed by atoms with Gasteiger partial charge < -0.3 is 5.11 Å². The topological polar surface area (TPSA) is 24.1 Å². The predicted molar refractivity (Wildman–Crippen MR) is 68.4 cm³/mol. The molecule has 1 heterocycles. The maximum Gasteiger partial charge on any atom is 0.205 e. The third kappa shape index (κ3) is 3.61. The van der Waals surface area contributed by atoms with Crippen molar-refractivity contribution in [3.8, 4) is 0 Å². The number of benzene rings is 1. The monoisotopic (exact) mass is 298 g/mol. The van der Waals surface area contributed by atoms with E-state index in [-0.39, 0.29) is 29.4 Å². The zero-order valence-electron chi connectivity index (χ0n) is 9.21. The standard InChI is InChI=1S/C13H13FNO.BrH/c14-13-9-15(7-6-12(13)10-16)8-11-4-2-1-3-5-11;/h1-7,9,16H,8,10H2;1H/q+1;. The Morgan fingerprint density at radius 2 is 1.82 bits per heavy atom. The van der Waals surface area contributed by atoms with Crippen LogP contribution in [-0.2, 0) is 13.2 Å². The van der Waals surface area contributed by atoms with E-state index in [2.05, 4.69) is 0 Å². The molecule has 4 heteroatoms. The first-order valence-corrected chi connectivity index (χ1v) is 5.12. The van der Waals surface area contributed by atoms with Crippen LogP contribution in [0.5, 0.6) is 0 Å². The molecule has 0 fully saturated rings. The number of aromatic nitrogens is 1. The maximum absolute atomic E-state index is 13.4. The fourth-order valence-corrected chi connectivity index (χ4v) is 1.56. The Balaban J connectivity index is 0.00000144. The van der Waals surface area contributed by atoms with Crippen molar-refractivity contribution in [1.82, 2.24) is 0 Å². The Hall–Kier alpha value is -1.26. The summed E-state index contributed by atoms with van der Waals surface area (Å²) in [6.07, 6.45) is 3.17. The molecule has 0 saturated carbocycles. The van der Waals surface area contributed by atoms with Gasteiger partial charge in [-0.25, -0.2) is 0 Å². The number of hydrogen-bond acceptors (Lipinski definition) is 1. The van der Waals surface area contributed by atoms with Gasteiger partial charge in [0.1, 0.15) is 0 Å². The second-order valence-electron chi connectivity index (χ2n) is 3.63. The lowest BCUT2D eigenvalue weighted by molar-refractivity contribution is -0.689. The van der Waals surface area contributed by atoms with Crippen molar-refractivity contribution in [2.75, 3.05) is 0 Å². The molecule has 1 aromatic carbocycles. The van der Waals surface area contributed by atoms with Crippen LogP contribution in [-0.4, -0.2) is 5.11 Å². The number of hydrogen-bond donors (Lipinski definition) is 1. The van der Waals surface area contributed by atoms with Crippen LogP contribution in [0.15, 0.2) is 48.8 Å². The molecule has 1 aromatic heterocycles. The molecule has 2 nitrogen and oxygen atoms in total. The summed E-state index contributed by atoms with van der Waals surface area (Å²) >= 11 is 0. The highest BCUT2D eigenvalue weighted by atomic mass is 79.9. The van der Waals surface area contributed by atoms with Crippen molar-refractivity contribution in [3.63, 3.8) is 0 Å². The highest BCUT2D eigenvalue weighted by Crippen LogP contribution is 2.03. The summed E-state index contributed by atoms with van der Waals surface area (Å²) in [5, 5.41) is 8.85. The van der Waals surface area contributed by atoms with E-state index in [1.54, 1.807) is 16.8 Å². The van der Waals surface area contributed by atoms with Gasteiger partial charge in [-0.05, 0) is 0 Å². The Morgan fingerprint density at radius 1 is 1.12 bits per heavy atom. The van der Waals surface area contributed by atoms with Crippen LogP contribution in [0.4, 0.5) is 4.39 Å². The lowest BCUT2D eigenvalue weighted by Crippen LogP contribution is -2.34. The molecule has 0 aliphatic carbocycles. The van der Waals surface area contributed by atoms with Crippen molar-refractivity contribution in [1.29, 1.82) is 0 Å². The van der Waals surface area contributed by atoms with Gasteiger partial charge >= 0.3 is 0 Å². The number of nitrogens with zero attached hydrogens (tertiary/aromatic N) is 1. The molecule has 17 heavy (non-hydrogen) atoms. The first-order chi connectivity index (χ1) is 7.79. The van der Waals surface area contributed by atoms with Gasteiger partial charge in [0.25, 0.3) is 0 Å². The van der Waals surface area contributed by atoms with Crippen molar-refractivity contribution in [2.45, 2.75) is 13.2 Å². The van der Waals surface area contributed by atoms with Gasteiger partial charge in [-0.1, -0.05) is 30.3 Å². The summed E-state index contributed by atoms with van der Waals surface area (Å²) in [6, 6.07) is 11.4. The summed E-state index contributed by atoms with van der Waals surface area (Å²) in [7, 11) is 0. The summed E-state index contributed by atoms with van der Waals surface area (Å²) < 4.78 is 15.1. The minimum atomic E-state index is -0.374. The van der Waals surface area contributed by atoms with Gasteiger partial charge in [0, 0.05) is 17.2 Å². The van der Waals surface area contributed by atoms with Gasteiger partial charge in [-0.2, -0.15) is 8.96 Å². The predicted octanol–water partition coefficient (Wildman–Crippen LogP) is 2.23. The highest BCUT2D eigenvalue weighted by molar-refractivity contribution is 8.93. The van der Waals surface area contributed by atoms with Gasteiger partial charge in [0.05, 0.1) is 6.61 Å². The maximum atomic E-state index is 13.4. The fourth-order valence-electron chi connectivity index (χ4n) is 1.56. The molecule has 0 saturated heterocycles. The van der Waals surface area contributed by atoms with Crippen molar-refractivity contribution in [3.05, 3.63) is 65.7 Å². The molecule has 90 valence electrons. The number of aliphatic hydroxyl groups excluding tert-OH is 1. The quantitative estimate of drug-likeness (QED) is 0.864. The van der Waals surface area contributed by atoms with E-state index >= 15 is 0 Å². The largest absolute Gasteiger partial charge is 0.392 e. The Bertz CT molecular complexity index is 476. The van der Waals surface area contributed by atoms with E-state index in [0.717, 1.165) is 5.56 Å². The average Bonchev–Trinajstić information content (AvgIpc) is 2.31. The summed E-state index contributed by atoms with van der Waals surface area (Å²) in [4.78, 5) is 0. The molecule has 0 aliphatic rings. The van der Waals surface area contributed by atoms with Crippen molar-refractivity contribution < 1.29 is 14.1 Å². The Labute approximate surface area is 110 Å². The lowest BCUT2D eigenvalue weighted by Gasteiger charge is -2.00. The van der Waals surface area contributed by atoms with E-state index < -0.39 is 0 Å². The minimum absolute atomic E-state index is 0. The van der Waals surface area contributed by atoms with Crippen LogP contribution >= 0.6 is 17.0 Å². The number of pyridine rings is 1. The van der Waals surface area contributed by atoms with E-state index in [1.807, 2.05) is 30.3 Å². The highest BCUT2D eigenvalue weighted by Gasteiger charge is 2.08. The molecule has 0 radical (unpaired) electrons. The average molecular weight is 299 g/mol. The summed E-state index contributed by atoms with van der Waals surface area (Å²) in [6.45, 7) is 0.363. The van der Waals surface area contributed by atoms with Gasteiger partial charge in [-0.3, -0.25) is 0 Å². The van der Waals surface area contributed by atoms with Crippen LogP contribution < -0.4 is 4.57 Å². The van der Waals surface area contributed by atoms with Crippen LogP contribution in [0, 0.1) is 5.82 Å². The third-order valence-electron chi connectivity index (χ3n) is 2.43. The minimum Gasteiger partial charge on any atom is -0.392 e. The Kier molecular flexibility index (Phi) is 5.25. The van der Waals surface area contributed by atoms with Gasteiger partial charge in [0.2, 0.25) is 6.20 Å². The fraction of sp³-hybridized carbons (Fsp3) is 0.154. The van der Waals surface area contributed by atoms with E-state index in [4.69, 9.17) is 5.11 Å². The van der Waals surface area contributed by atoms with E-state index in [9.17, 15) is 4.39 Å². The molecule has 0 atom stereocenters. The van der Waals surface area contributed by atoms with E-state index in [1.165, 1.54) is 6.20 Å². The molecular formula is C13H14BrFNO+. The summed E-state index contributed by atoms with van der Waals surface area (Å²) in [5.41, 5.74) is 1.44. The molecule has 0 unspecified atom stereocenters.